The van der Waals surface area contributed by atoms with Gasteiger partial charge in [0, 0.05) is 10.2 Å². The van der Waals surface area contributed by atoms with Crippen molar-refractivity contribution in [3.8, 4) is 6.07 Å². The van der Waals surface area contributed by atoms with E-state index in [0.29, 0.717) is 10.9 Å². The van der Waals surface area contributed by atoms with E-state index >= 15 is 0 Å². The van der Waals surface area contributed by atoms with Crippen LogP contribution in [0.5, 0.6) is 0 Å². The third kappa shape index (κ3) is 4.22. The summed E-state index contributed by atoms with van der Waals surface area (Å²) in [6.45, 7) is 4.22. The normalized spacial score (nSPS) is 13.8. The fourth-order valence-corrected chi connectivity index (χ4v) is 2.19. The van der Waals surface area contributed by atoms with Gasteiger partial charge in [0.2, 0.25) is 0 Å². The largest absolute Gasteiger partial charge is 0.370 e. The fourth-order valence-electron chi connectivity index (χ4n) is 1.69. The molecule has 0 radical (unpaired) electrons. The monoisotopic (exact) mass is 314 g/mol. The first kappa shape index (κ1) is 14.3. The summed E-state index contributed by atoms with van der Waals surface area (Å²) in [6.07, 6.45) is 2.13. The molecule has 92 valence electrons. The summed E-state index contributed by atoms with van der Waals surface area (Å²) in [4.78, 5) is 0. The van der Waals surface area contributed by atoms with Gasteiger partial charge in [-0.15, -0.1) is 0 Å². The van der Waals surface area contributed by atoms with Crippen LogP contribution < -0.4 is 5.32 Å². The first-order valence-corrected chi connectivity index (χ1v) is 6.86. The van der Waals surface area contributed by atoms with Gasteiger partial charge in [0.25, 0.3) is 0 Å². The minimum absolute atomic E-state index is 0.164. The molecule has 2 atom stereocenters. The highest BCUT2D eigenvalue weighted by atomic mass is 79.9. The number of hydrogen-bond acceptors (Lipinski definition) is 2. The van der Waals surface area contributed by atoms with E-state index in [4.69, 9.17) is 16.9 Å². The number of benzene rings is 1. The summed E-state index contributed by atoms with van der Waals surface area (Å²) in [5.74, 6) is 0.333. The van der Waals surface area contributed by atoms with Crippen molar-refractivity contribution in [3.05, 3.63) is 27.7 Å². The van der Waals surface area contributed by atoms with Crippen LogP contribution in [0.15, 0.2) is 22.7 Å². The van der Waals surface area contributed by atoms with Crippen molar-refractivity contribution < 1.29 is 0 Å². The molecule has 0 bridgehead atoms. The Morgan fingerprint density at radius 2 is 2.24 bits per heavy atom. The second-order valence-electron chi connectivity index (χ2n) is 4.15. The Kier molecular flexibility index (Phi) is 5.80. The van der Waals surface area contributed by atoms with Crippen molar-refractivity contribution >= 4 is 33.2 Å². The molecular formula is C13H16BrClN2. The van der Waals surface area contributed by atoms with Crippen molar-refractivity contribution in [1.29, 1.82) is 5.26 Å². The smallest absolute Gasteiger partial charge is 0.117 e. The van der Waals surface area contributed by atoms with Crippen molar-refractivity contribution in [2.24, 2.45) is 5.92 Å². The number of nitriles is 1. The lowest BCUT2D eigenvalue weighted by atomic mass is 9.98. The van der Waals surface area contributed by atoms with E-state index in [1.807, 2.05) is 18.2 Å². The Morgan fingerprint density at radius 3 is 2.76 bits per heavy atom. The second-order valence-corrected chi connectivity index (χ2v) is 5.41. The quantitative estimate of drug-likeness (QED) is 0.843. The van der Waals surface area contributed by atoms with E-state index < -0.39 is 0 Å². The summed E-state index contributed by atoms with van der Waals surface area (Å²) < 4.78 is 0.837. The highest BCUT2D eigenvalue weighted by Gasteiger charge is 2.15. The van der Waals surface area contributed by atoms with Gasteiger partial charge in [0.05, 0.1) is 11.1 Å². The van der Waals surface area contributed by atoms with Crippen LogP contribution in [0, 0.1) is 17.2 Å². The van der Waals surface area contributed by atoms with Crippen molar-refractivity contribution in [1.82, 2.24) is 0 Å². The highest BCUT2D eigenvalue weighted by Crippen LogP contribution is 2.26. The fraction of sp³-hybridized carbons (Fsp3) is 0.462. The summed E-state index contributed by atoms with van der Waals surface area (Å²) in [6, 6.07) is 7.74. The molecule has 1 aromatic rings. The van der Waals surface area contributed by atoms with Crippen LogP contribution in [0.1, 0.15) is 26.7 Å². The van der Waals surface area contributed by atoms with Gasteiger partial charge < -0.3 is 5.32 Å². The Morgan fingerprint density at radius 1 is 1.53 bits per heavy atom. The molecule has 1 aromatic carbocycles. The van der Waals surface area contributed by atoms with E-state index in [1.165, 1.54) is 0 Å². The summed E-state index contributed by atoms with van der Waals surface area (Å²) in [5.41, 5.74) is 0.913. The Bertz CT molecular complexity index is 414. The minimum Gasteiger partial charge on any atom is -0.370 e. The van der Waals surface area contributed by atoms with Gasteiger partial charge in [-0.2, -0.15) is 5.26 Å². The predicted octanol–water partition coefficient (Wildman–Crippen LogP) is 4.84. The van der Waals surface area contributed by atoms with Gasteiger partial charge >= 0.3 is 0 Å². The van der Waals surface area contributed by atoms with Crippen LogP contribution >= 0.6 is 27.5 Å². The lowest BCUT2D eigenvalue weighted by Gasteiger charge is -2.19. The zero-order chi connectivity index (χ0) is 12.8. The van der Waals surface area contributed by atoms with E-state index in [0.717, 1.165) is 23.0 Å². The van der Waals surface area contributed by atoms with Gasteiger partial charge in [0.15, 0.2) is 0 Å². The van der Waals surface area contributed by atoms with Crippen LogP contribution in [0.3, 0.4) is 0 Å². The van der Waals surface area contributed by atoms with E-state index in [2.05, 4.69) is 41.2 Å². The lowest BCUT2D eigenvalue weighted by Crippen LogP contribution is -2.25. The molecule has 17 heavy (non-hydrogen) atoms. The summed E-state index contributed by atoms with van der Waals surface area (Å²) in [5, 5.41) is 13.1. The molecule has 0 spiro atoms. The zero-order valence-corrected chi connectivity index (χ0v) is 12.3. The molecule has 1 rings (SSSR count). The molecule has 0 aliphatic carbocycles. The first-order chi connectivity index (χ1) is 8.08. The number of hydrogen-bond donors (Lipinski definition) is 1. The molecule has 0 saturated carbocycles. The molecule has 0 aliphatic heterocycles. The van der Waals surface area contributed by atoms with Crippen LogP contribution in [-0.2, 0) is 0 Å². The molecule has 0 aromatic heterocycles. The van der Waals surface area contributed by atoms with Gasteiger partial charge in [-0.25, -0.2) is 0 Å². The van der Waals surface area contributed by atoms with Crippen LogP contribution in [0.2, 0.25) is 5.02 Å². The molecule has 2 nitrogen and oxygen atoms in total. The maximum absolute atomic E-state index is 9.16. The number of rotatable bonds is 5. The van der Waals surface area contributed by atoms with E-state index in [-0.39, 0.29) is 6.04 Å². The van der Waals surface area contributed by atoms with E-state index in [1.54, 1.807) is 0 Å². The Balaban J connectivity index is 2.74. The number of nitrogens with one attached hydrogen (secondary N) is 1. The van der Waals surface area contributed by atoms with Crippen molar-refractivity contribution in [3.63, 3.8) is 0 Å². The highest BCUT2D eigenvalue weighted by molar-refractivity contribution is 9.10. The molecule has 0 saturated heterocycles. The average molecular weight is 316 g/mol. The molecule has 0 aliphatic rings. The number of halogens is 2. The van der Waals surface area contributed by atoms with E-state index in [9.17, 15) is 0 Å². The average Bonchev–Trinajstić information content (AvgIpc) is 2.30. The van der Waals surface area contributed by atoms with Crippen LogP contribution in [0.4, 0.5) is 5.69 Å². The maximum Gasteiger partial charge on any atom is 0.117 e. The Labute approximate surface area is 116 Å². The van der Waals surface area contributed by atoms with Crippen molar-refractivity contribution in [2.45, 2.75) is 32.7 Å². The van der Waals surface area contributed by atoms with Crippen LogP contribution in [-0.4, -0.2) is 6.04 Å². The number of nitrogens with zero attached hydrogens (tertiary/aromatic N) is 1. The predicted molar refractivity (Wildman–Crippen MR) is 76.2 cm³/mol. The molecular weight excluding hydrogens is 300 g/mol. The first-order valence-electron chi connectivity index (χ1n) is 5.69. The molecule has 4 heteroatoms. The zero-order valence-electron chi connectivity index (χ0n) is 10.0. The topological polar surface area (TPSA) is 35.8 Å². The number of anilines is 1. The Hall–Kier alpha value is -0.720. The second kappa shape index (κ2) is 6.88. The van der Waals surface area contributed by atoms with Gasteiger partial charge in [-0.3, -0.25) is 0 Å². The SMILES string of the molecule is CCCC(C)C(C#N)Nc1ccc(Cl)c(Br)c1. The van der Waals surface area contributed by atoms with Crippen LogP contribution in [0.25, 0.3) is 0 Å². The molecule has 0 fully saturated rings. The standard InChI is InChI=1S/C13H16BrClN2/c1-3-4-9(2)13(8-16)17-10-5-6-12(15)11(14)7-10/h5-7,9,13,17H,3-4H2,1-2H3. The molecule has 1 N–H and O–H groups in total. The minimum atomic E-state index is -0.164. The van der Waals surface area contributed by atoms with Crippen molar-refractivity contribution in [2.75, 3.05) is 5.32 Å². The molecule has 2 unspecified atom stereocenters. The maximum atomic E-state index is 9.16. The lowest BCUT2D eigenvalue weighted by molar-refractivity contribution is 0.500. The van der Waals surface area contributed by atoms with Gasteiger partial charge in [-0.1, -0.05) is 31.9 Å². The summed E-state index contributed by atoms with van der Waals surface area (Å²) >= 11 is 9.29. The molecule has 0 heterocycles. The third-order valence-corrected chi connectivity index (χ3v) is 3.91. The summed E-state index contributed by atoms with van der Waals surface area (Å²) in [7, 11) is 0. The molecule has 0 amide bonds. The van der Waals surface area contributed by atoms with Gasteiger partial charge in [-0.05, 0) is 46.5 Å². The van der Waals surface area contributed by atoms with Gasteiger partial charge in [0.1, 0.15) is 6.04 Å². The third-order valence-electron chi connectivity index (χ3n) is 2.69.